The molecule has 1 rings (SSSR count). The summed E-state index contributed by atoms with van der Waals surface area (Å²) in [6, 6.07) is 1.86. The molecule has 0 aliphatic rings. The Labute approximate surface area is 109 Å². The molecule has 1 aromatic rings. The van der Waals surface area contributed by atoms with Crippen molar-refractivity contribution < 1.29 is 4.84 Å². The van der Waals surface area contributed by atoms with Crippen LogP contribution in [0.15, 0.2) is 18.8 Å². The summed E-state index contributed by atoms with van der Waals surface area (Å²) in [5.41, 5.74) is 11.4. The Balaban J connectivity index is 2.66. The molecule has 0 unspecified atom stereocenters. The van der Waals surface area contributed by atoms with E-state index in [-0.39, 0.29) is 5.41 Å². The third-order valence-corrected chi connectivity index (χ3v) is 2.43. The largest absolute Gasteiger partial charge is 0.396 e. The van der Waals surface area contributed by atoms with Crippen LogP contribution in [0.3, 0.4) is 0 Å². The average molecular weight is 249 g/mol. The molecule has 100 valence electrons. The fourth-order valence-corrected chi connectivity index (χ4v) is 1.29. The minimum absolute atomic E-state index is 0.0954. The second kappa shape index (κ2) is 5.87. The molecule has 0 aliphatic carbocycles. The molecule has 1 heterocycles. The first-order valence-electron chi connectivity index (χ1n) is 6.15. The molecular weight excluding hydrogens is 226 g/mol. The lowest BCUT2D eigenvalue weighted by atomic mass is 9.99. The van der Waals surface area contributed by atoms with Gasteiger partial charge in [-0.15, -0.1) is 0 Å². The van der Waals surface area contributed by atoms with E-state index in [1.165, 1.54) is 0 Å². The molecule has 4 nitrogen and oxygen atoms in total. The molecule has 0 fully saturated rings. The van der Waals surface area contributed by atoms with Gasteiger partial charge in [-0.3, -0.25) is 4.84 Å². The van der Waals surface area contributed by atoms with Crippen molar-refractivity contribution in [2.24, 2.45) is 5.41 Å². The molecule has 0 spiro atoms. The van der Waals surface area contributed by atoms with Crippen molar-refractivity contribution in [3.8, 4) is 0 Å². The molecule has 0 aromatic carbocycles. The third-order valence-electron chi connectivity index (χ3n) is 2.43. The minimum Gasteiger partial charge on any atom is -0.396 e. The Morgan fingerprint density at radius 3 is 2.67 bits per heavy atom. The van der Waals surface area contributed by atoms with Crippen molar-refractivity contribution in [3.05, 3.63) is 24.4 Å². The summed E-state index contributed by atoms with van der Waals surface area (Å²) >= 11 is 0. The summed E-state index contributed by atoms with van der Waals surface area (Å²) in [6.45, 7) is 12.9. The Kier molecular flexibility index (Phi) is 4.73. The number of nitrogens with two attached hydrogens (primary N) is 1. The zero-order valence-electron chi connectivity index (χ0n) is 11.7. The third kappa shape index (κ3) is 4.37. The summed E-state index contributed by atoms with van der Waals surface area (Å²) < 4.78 is 0. The Bertz CT molecular complexity index is 422. The molecule has 18 heavy (non-hydrogen) atoms. The van der Waals surface area contributed by atoms with Gasteiger partial charge in [0.15, 0.2) is 5.82 Å². The van der Waals surface area contributed by atoms with Crippen molar-refractivity contribution in [2.45, 2.75) is 34.1 Å². The molecular formula is C14H23N3O. The number of allylic oxidation sites excluding steroid dienone is 1. The molecule has 0 amide bonds. The molecule has 3 N–H and O–H groups in total. The van der Waals surface area contributed by atoms with Gasteiger partial charge in [0.1, 0.15) is 0 Å². The van der Waals surface area contributed by atoms with E-state index in [0.29, 0.717) is 18.1 Å². The van der Waals surface area contributed by atoms with Gasteiger partial charge in [-0.25, -0.2) is 10.5 Å². The number of nitrogen functional groups attached to an aromatic ring is 1. The number of hydrogen-bond acceptors (Lipinski definition) is 4. The molecule has 4 heteroatoms. The number of rotatable bonds is 5. The molecule has 0 saturated heterocycles. The van der Waals surface area contributed by atoms with Crippen molar-refractivity contribution in [3.63, 3.8) is 0 Å². The Morgan fingerprint density at radius 1 is 1.50 bits per heavy atom. The number of nitrogens with zero attached hydrogens (tertiary/aromatic N) is 1. The lowest BCUT2D eigenvalue weighted by molar-refractivity contribution is 0.113. The summed E-state index contributed by atoms with van der Waals surface area (Å²) in [5, 5.41) is 0. The van der Waals surface area contributed by atoms with E-state index in [2.05, 4.69) is 44.7 Å². The van der Waals surface area contributed by atoms with Crippen molar-refractivity contribution in [2.75, 3.05) is 17.8 Å². The topological polar surface area (TPSA) is 60.2 Å². The van der Waals surface area contributed by atoms with Crippen molar-refractivity contribution in [1.29, 1.82) is 0 Å². The monoisotopic (exact) mass is 249 g/mol. The second-order valence-corrected chi connectivity index (χ2v) is 5.57. The minimum atomic E-state index is 0.0954. The van der Waals surface area contributed by atoms with Gasteiger partial charge in [-0.1, -0.05) is 34.3 Å². The predicted molar refractivity (Wildman–Crippen MR) is 77.0 cm³/mol. The first-order chi connectivity index (χ1) is 8.33. The zero-order chi connectivity index (χ0) is 13.8. The van der Waals surface area contributed by atoms with Crippen LogP contribution in [0.1, 0.15) is 39.7 Å². The first kappa shape index (κ1) is 14.5. The highest BCUT2D eigenvalue weighted by Gasteiger charge is 2.11. The van der Waals surface area contributed by atoms with Gasteiger partial charge in [-0.05, 0) is 29.0 Å². The van der Waals surface area contributed by atoms with Crippen LogP contribution in [0.4, 0.5) is 11.5 Å². The highest BCUT2D eigenvalue weighted by Crippen LogP contribution is 2.22. The van der Waals surface area contributed by atoms with Crippen LogP contribution in [0.5, 0.6) is 0 Å². The SMILES string of the molecule is C=C(CC)c1cnc(NOCC(C)(C)C)c(N)c1. The van der Waals surface area contributed by atoms with Crippen LogP contribution in [-0.4, -0.2) is 11.6 Å². The number of nitrogens with one attached hydrogen (secondary N) is 1. The summed E-state index contributed by atoms with van der Waals surface area (Å²) in [6.07, 6.45) is 2.64. The fraction of sp³-hybridized carbons (Fsp3) is 0.500. The van der Waals surface area contributed by atoms with E-state index < -0.39 is 0 Å². The molecule has 0 atom stereocenters. The number of aromatic nitrogens is 1. The lowest BCUT2D eigenvalue weighted by Gasteiger charge is -2.18. The lowest BCUT2D eigenvalue weighted by Crippen LogP contribution is -2.18. The van der Waals surface area contributed by atoms with Crippen LogP contribution < -0.4 is 11.2 Å². The molecule has 1 aromatic heterocycles. The van der Waals surface area contributed by atoms with E-state index in [9.17, 15) is 0 Å². The van der Waals surface area contributed by atoms with Crippen molar-refractivity contribution in [1.82, 2.24) is 4.98 Å². The maximum absolute atomic E-state index is 5.92. The molecule has 0 aliphatic heterocycles. The van der Waals surface area contributed by atoms with E-state index in [4.69, 9.17) is 10.6 Å². The number of anilines is 2. The predicted octanol–water partition coefficient (Wildman–Crippen LogP) is 3.48. The van der Waals surface area contributed by atoms with Crippen LogP contribution >= 0.6 is 0 Å². The second-order valence-electron chi connectivity index (χ2n) is 5.57. The van der Waals surface area contributed by atoms with Gasteiger partial charge in [-0.2, -0.15) is 0 Å². The summed E-state index contributed by atoms with van der Waals surface area (Å²) in [4.78, 5) is 9.62. The molecule has 0 radical (unpaired) electrons. The van der Waals surface area contributed by atoms with E-state index in [1.54, 1.807) is 6.20 Å². The quantitative estimate of drug-likeness (QED) is 0.784. The fourth-order valence-electron chi connectivity index (χ4n) is 1.29. The maximum Gasteiger partial charge on any atom is 0.173 e. The average Bonchev–Trinajstić information content (AvgIpc) is 2.28. The van der Waals surface area contributed by atoms with Gasteiger partial charge in [0.05, 0.1) is 12.3 Å². The normalized spacial score (nSPS) is 11.3. The van der Waals surface area contributed by atoms with Crippen LogP contribution in [0, 0.1) is 5.41 Å². The van der Waals surface area contributed by atoms with Crippen LogP contribution in [-0.2, 0) is 4.84 Å². The smallest absolute Gasteiger partial charge is 0.173 e. The van der Waals surface area contributed by atoms with E-state index in [0.717, 1.165) is 17.6 Å². The van der Waals surface area contributed by atoms with Gasteiger partial charge >= 0.3 is 0 Å². The first-order valence-corrected chi connectivity index (χ1v) is 6.15. The highest BCUT2D eigenvalue weighted by atomic mass is 16.6. The maximum atomic E-state index is 5.92. The van der Waals surface area contributed by atoms with E-state index in [1.807, 2.05) is 6.07 Å². The Hall–Kier alpha value is -1.55. The van der Waals surface area contributed by atoms with Crippen LogP contribution in [0.25, 0.3) is 5.57 Å². The Morgan fingerprint density at radius 2 is 2.17 bits per heavy atom. The van der Waals surface area contributed by atoms with Gasteiger partial charge in [0.25, 0.3) is 0 Å². The highest BCUT2D eigenvalue weighted by molar-refractivity contribution is 5.70. The number of pyridine rings is 1. The van der Waals surface area contributed by atoms with Gasteiger partial charge in [0.2, 0.25) is 0 Å². The number of hydrogen-bond donors (Lipinski definition) is 2. The van der Waals surface area contributed by atoms with Crippen LogP contribution in [0.2, 0.25) is 0 Å². The standard InChI is InChI=1S/C14H23N3O/c1-6-10(2)11-7-12(15)13(16-8-11)17-18-9-14(3,4)5/h7-8H,2,6,9,15H2,1,3-5H3,(H,16,17). The van der Waals surface area contributed by atoms with Gasteiger partial charge < -0.3 is 5.73 Å². The summed E-state index contributed by atoms with van der Waals surface area (Å²) in [5.74, 6) is 0.548. The van der Waals surface area contributed by atoms with Gasteiger partial charge in [0, 0.05) is 6.20 Å². The molecule has 0 saturated carbocycles. The van der Waals surface area contributed by atoms with E-state index >= 15 is 0 Å². The van der Waals surface area contributed by atoms with Crippen molar-refractivity contribution >= 4 is 17.1 Å². The zero-order valence-corrected chi connectivity index (χ0v) is 11.7. The summed E-state index contributed by atoms with van der Waals surface area (Å²) in [7, 11) is 0. The molecule has 0 bridgehead atoms.